The molecule has 24 heavy (non-hydrogen) atoms. The number of nitrogens with zero attached hydrogens (tertiary/aromatic N) is 2. The maximum Gasteiger partial charge on any atom is 0.180 e. The molecule has 0 amide bonds. The quantitative estimate of drug-likeness (QED) is 0.779. The molecule has 1 aromatic heterocycles. The second-order valence-corrected chi connectivity index (χ2v) is 6.94. The van der Waals surface area contributed by atoms with Crippen molar-refractivity contribution in [3.05, 3.63) is 59.5 Å². The van der Waals surface area contributed by atoms with Gasteiger partial charge in [-0.05, 0) is 30.7 Å². The Morgan fingerprint density at radius 3 is 2.83 bits per heavy atom. The summed E-state index contributed by atoms with van der Waals surface area (Å²) in [7, 11) is 0. The predicted octanol–water partition coefficient (Wildman–Crippen LogP) is 4.18. The summed E-state index contributed by atoms with van der Waals surface area (Å²) in [4.78, 5) is 6.76. The fourth-order valence-electron chi connectivity index (χ4n) is 3.06. The highest BCUT2D eigenvalue weighted by Gasteiger charge is 2.23. The van der Waals surface area contributed by atoms with Crippen LogP contribution in [0.4, 0.5) is 10.8 Å². The van der Waals surface area contributed by atoms with Gasteiger partial charge in [0, 0.05) is 17.5 Å². The molecule has 0 spiro atoms. The molecule has 122 valence electrons. The van der Waals surface area contributed by atoms with Gasteiger partial charge in [-0.1, -0.05) is 30.3 Å². The van der Waals surface area contributed by atoms with Crippen LogP contribution in [0, 0.1) is 0 Å². The van der Waals surface area contributed by atoms with Gasteiger partial charge in [0.15, 0.2) is 5.13 Å². The molecule has 1 unspecified atom stereocenters. The highest BCUT2D eigenvalue weighted by Crippen LogP contribution is 2.38. The molecule has 2 aromatic carbocycles. The van der Waals surface area contributed by atoms with Gasteiger partial charge >= 0.3 is 0 Å². The number of rotatable bonds is 3. The lowest BCUT2D eigenvalue weighted by atomic mass is 10.1. The first-order valence-electron chi connectivity index (χ1n) is 8.00. The van der Waals surface area contributed by atoms with Crippen molar-refractivity contribution in [2.24, 2.45) is 0 Å². The molecular formula is C19H19N3OS. The van der Waals surface area contributed by atoms with E-state index in [4.69, 9.17) is 10.5 Å². The molecule has 0 saturated carbocycles. The summed E-state index contributed by atoms with van der Waals surface area (Å²) < 4.78 is 6.01. The normalized spacial score (nSPS) is 16.5. The van der Waals surface area contributed by atoms with Crippen LogP contribution >= 0.6 is 11.3 Å². The second kappa shape index (κ2) is 6.17. The SMILES string of the molecule is CC1CN(Cc2ccccc2)c2cc(-c3csc(N)n3)ccc2O1. The molecule has 1 aliphatic rings. The molecule has 2 N–H and O–H groups in total. The number of hydrogen-bond acceptors (Lipinski definition) is 5. The van der Waals surface area contributed by atoms with Crippen molar-refractivity contribution < 1.29 is 4.74 Å². The molecule has 1 aliphatic heterocycles. The molecule has 3 aromatic rings. The Balaban J connectivity index is 1.70. The van der Waals surface area contributed by atoms with Gasteiger partial charge in [-0.15, -0.1) is 11.3 Å². The Kier molecular flexibility index (Phi) is 3.86. The lowest BCUT2D eigenvalue weighted by molar-refractivity contribution is 0.212. The van der Waals surface area contributed by atoms with Crippen LogP contribution in [0.1, 0.15) is 12.5 Å². The van der Waals surface area contributed by atoms with Crippen molar-refractivity contribution in [2.75, 3.05) is 17.2 Å². The monoisotopic (exact) mass is 337 g/mol. The summed E-state index contributed by atoms with van der Waals surface area (Å²) >= 11 is 1.46. The maximum atomic E-state index is 6.01. The van der Waals surface area contributed by atoms with E-state index in [1.54, 1.807) is 0 Å². The zero-order valence-electron chi connectivity index (χ0n) is 13.5. The van der Waals surface area contributed by atoms with Crippen molar-refractivity contribution in [2.45, 2.75) is 19.6 Å². The van der Waals surface area contributed by atoms with Gasteiger partial charge in [0.05, 0.1) is 17.9 Å². The molecule has 0 radical (unpaired) electrons. The summed E-state index contributed by atoms with van der Waals surface area (Å²) in [6, 6.07) is 16.8. The molecule has 2 heterocycles. The topological polar surface area (TPSA) is 51.4 Å². The van der Waals surface area contributed by atoms with E-state index in [2.05, 4.69) is 47.1 Å². The van der Waals surface area contributed by atoms with Crippen molar-refractivity contribution in [1.82, 2.24) is 4.98 Å². The van der Waals surface area contributed by atoms with Crippen molar-refractivity contribution >= 4 is 22.2 Å². The number of aromatic nitrogens is 1. The standard InChI is InChI=1S/C19H19N3OS/c1-13-10-22(11-14-5-3-2-4-6-14)17-9-15(7-8-18(17)23-13)16-12-24-19(20)21-16/h2-9,12-13H,10-11H2,1H3,(H2,20,21). The van der Waals surface area contributed by atoms with E-state index < -0.39 is 0 Å². The molecule has 0 aliphatic carbocycles. The lowest BCUT2D eigenvalue weighted by Gasteiger charge is -2.35. The summed E-state index contributed by atoms with van der Waals surface area (Å²) in [6.45, 7) is 3.84. The van der Waals surface area contributed by atoms with Gasteiger partial charge in [0.25, 0.3) is 0 Å². The van der Waals surface area contributed by atoms with Crippen LogP contribution < -0.4 is 15.4 Å². The molecule has 0 saturated heterocycles. The minimum absolute atomic E-state index is 0.168. The first kappa shape index (κ1) is 15.0. The number of nitrogen functional groups attached to an aromatic ring is 1. The average molecular weight is 337 g/mol. The number of hydrogen-bond donors (Lipinski definition) is 1. The van der Waals surface area contributed by atoms with E-state index in [0.717, 1.165) is 35.8 Å². The number of anilines is 2. The van der Waals surface area contributed by atoms with Crippen LogP contribution in [-0.4, -0.2) is 17.6 Å². The summed E-state index contributed by atoms with van der Waals surface area (Å²) in [5.41, 5.74) is 10.2. The smallest absolute Gasteiger partial charge is 0.180 e. The van der Waals surface area contributed by atoms with Crippen LogP contribution in [0.2, 0.25) is 0 Å². The van der Waals surface area contributed by atoms with Crippen LogP contribution in [-0.2, 0) is 6.54 Å². The largest absolute Gasteiger partial charge is 0.487 e. The Bertz CT molecular complexity index is 847. The third-order valence-electron chi connectivity index (χ3n) is 4.14. The van der Waals surface area contributed by atoms with Crippen molar-refractivity contribution in [1.29, 1.82) is 0 Å². The fraction of sp³-hybridized carbons (Fsp3) is 0.211. The van der Waals surface area contributed by atoms with Crippen LogP contribution in [0.3, 0.4) is 0 Å². The number of thiazole rings is 1. The number of ether oxygens (including phenoxy) is 1. The molecular weight excluding hydrogens is 318 g/mol. The van der Waals surface area contributed by atoms with Gasteiger partial charge in [-0.2, -0.15) is 0 Å². The van der Waals surface area contributed by atoms with Crippen molar-refractivity contribution in [3.8, 4) is 17.0 Å². The number of nitrogens with two attached hydrogens (primary N) is 1. The Morgan fingerprint density at radius 1 is 1.25 bits per heavy atom. The van der Waals surface area contributed by atoms with Gasteiger partial charge in [0.1, 0.15) is 11.9 Å². The Hall–Kier alpha value is -2.53. The van der Waals surface area contributed by atoms with Crippen LogP contribution in [0.25, 0.3) is 11.3 Å². The second-order valence-electron chi connectivity index (χ2n) is 6.05. The van der Waals surface area contributed by atoms with Gasteiger partial charge in [-0.3, -0.25) is 0 Å². The zero-order chi connectivity index (χ0) is 16.5. The summed E-state index contributed by atoms with van der Waals surface area (Å²) in [6.07, 6.45) is 0.168. The number of benzene rings is 2. The van der Waals surface area contributed by atoms with Gasteiger partial charge in [-0.25, -0.2) is 4.98 Å². The third kappa shape index (κ3) is 2.95. The van der Waals surface area contributed by atoms with E-state index in [-0.39, 0.29) is 6.10 Å². The zero-order valence-corrected chi connectivity index (χ0v) is 14.3. The van der Waals surface area contributed by atoms with Gasteiger partial charge in [0.2, 0.25) is 0 Å². The lowest BCUT2D eigenvalue weighted by Crippen LogP contribution is -2.37. The summed E-state index contributed by atoms with van der Waals surface area (Å²) in [5.74, 6) is 0.927. The van der Waals surface area contributed by atoms with Crippen LogP contribution in [0.5, 0.6) is 5.75 Å². The molecule has 4 rings (SSSR count). The Labute approximate surface area is 145 Å². The van der Waals surface area contributed by atoms with E-state index in [0.29, 0.717) is 5.13 Å². The van der Waals surface area contributed by atoms with E-state index in [1.165, 1.54) is 16.9 Å². The van der Waals surface area contributed by atoms with E-state index in [1.807, 2.05) is 23.6 Å². The molecule has 0 fully saturated rings. The van der Waals surface area contributed by atoms with Gasteiger partial charge < -0.3 is 15.4 Å². The highest BCUT2D eigenvalue weighted by molar-refractivity contribution is 7.13. The first-order chi connectivity index (χ1) is 11.7. The molecule has 0 bridgehead atoms. The maximum absolute atomic E-state index is 6.01. The molecule has 4 nitrogen and oxygen atoms in total. The molecule has 1 atom stereocenters. The van der Waals surface area contributed by atoms with E-state index >= 15 is 0 Å². The highest BCUT2D eigenvalue weighted by atomic mass is 32.1. The van der Waals surface area contributed by atoms with Crippen molar-refractivity contribution in [3.63, 3.8) is 0 Å². The minimum Gasteiger partial charge on any atom is -0.487 e. The Morgan fingerprint density at radius 2 is 2.08 bits per heavy atom. The average Bonchev–Trinajstić information content (AvgIpc) is 3.02. The summed E-state index contributed by atoms with van der Waals surface area (Å²) in [5, 5.41) is 2.58. The predicted molar refractivity (Wildman–Crippen MR) is 99.5 cm³/mol. The molecule has 5 heteroatoms. The minimum atomic E-state index is 0.168. The third-order valence-corrected chi connectivity index (χ3v) is 4.81. The number of fused-ring (bicyclic) bond motifs is 1. The first-order valence-corrected chi connectivity index (χ1v) is 8.88. The fourth-order valence-corrected chi connectivity index (χ4v) is 3.63. The van der Waals surface area contributed by atoms with E-state index in [9.17, 15) is 0 Å². The van der Waals surface area contributed by atoms with Crippen LogP contribution in [0.15, 0.2) is 53.9 Å².